The summed E-state index contributed by atoms with van der Waals surface area (Å²) in [6.07, 6.45) is 11.8. The van der Waals surface area contributed by atoms with Crippen LogP contribution in [0.15, 0.2) is 6.20 Å². The lowest BCUT2D eigenvalue weighted by Crippen LogP contribution is -2.37. The van der Waals surface area contributed by atoms with Gasteiger partial charge in [-0.05, 0) is 50.1 Å². The lowest BCUT2D eigenvalue weighted by Gasteiger charge is -2.34. The highest BCUT2D eigenvalue weighted by Crippen LogP contribution is 2.28. The summed E-state index contributed by atoms with van der Waals surface area (Å²) in [5, 5.41) is 10.3. The van der Waals surface area contributed by atoms with E-state index in [2.05, 4.69) is 28.7 Å². The number of rotatable bonds is 7. The summed E-state index contributed by atoms with van der Waals surface area (Å²) in [5.41, 5.74) is 1.25. The van der Waals surface area contributed by atoms with Crippen LogP contribution in [0.2, 0.25) is 0 Å². The number of likely N-dealkylation sites (tertiary alicyclic amines) is 1. The van der Waals surface area contributed by atoms with Crippen molar-refractivity contribution >= 4 is 0 Å². The van der Waals surface area contributed by atoms with Gasteiger partial charge in [-0.2, -0.15) is 0 Å². The Morgan fingerprint density at radius 1 is 1.21 bits per heavy atom. The van der Waals surface area contributed by atoms with Crippen molar-refractivity contribution in [3.63, 3.8) is 0 Å². The Labute approximate surface area is 147 Å². The third kappa shape index (κ3) is 5.06. The third-order valence-corrected chi connectivity index (χ3v) is 5.92. The van der Waals surface area contributed by atoms with E-state index in [4.69, 9.17) is 0 Å². The van der Waals surface area contributed by atoms with Gasteiger partial charge in [-0.1, -0.05) is 39.5 Å². The minimum absolute atomic E-state index is 0.114. The quantitative estimate of drug-likeness (QED) is 0.799. The summed E-state index contributed by atoms with van der Waals surface area (Å²) >= 11 is 0. The van der Waals surface area contributed by atoms with E-state index in [1.54, 1.807) is 0 Å². The van der Waals surface area contributed by atoms with Gasteiger partial charge in [0.2, 0.25) is 0 Å². The Bertz CT molecular complexity index is 485. The monoisotopic (exact) mass is 333 g/mol. The Balaban J connectivity index is 1.42. The molecule has 3 rings (SSSR count). The molecule has 24 heavy (non-hydrogen) atoms. The molecule has 2 aliphatic rings. The van der Waals surface area contributed by atoms with E-state index >= 15 is 0 Å². The number of H-pyrrole nitrogens is 1. The van der Waals surface area contributed by atoms with E-state index in [1.165, 1.54) is 37.2 Å². The van der Waals surface area contributed by atoms with E-state index in [0.29, 0.717) is 11.8 Å². The SMILES string of the molecule is CC(C)CC(O)C1CCN(Cc2cnc(CC3CCCC3)[nH]2)CC1. The van der Waals surface area contributed by atoms with Crippen LogP contribution in [0.3, 0.4) is 0 Å². The van der Waals surface area contributed by atoms with Crippen molar-refractivity contribution in [1.29, 1.82) is 0 Å². The molecule has 0 amide bonds. The molecule has 1 aliphatic carbocycles. The molecule has 1 saturated carbocycles. The molecule has 0 aromatic carbocycles. The molecule has 0 radical (unpaired) electrons. The number of nitrogens with one attached hydrogen (secondary N) is 1. The predicted molar refractivity (Wildman–Crippen MR) is 97.7 cm³/mol. The molecule has 2 N–H and O–H groups in total. The summed E-state index contributed by atoms with van der Waals surface area (Å²) < 4.78 is 0. The Kier molecular flexibility index (Phi) is 6.34. The predicted octanol–water partition coefficient (Wildman–Crippen LogP) is 3.76. The van der Waals surface area contributed by atoms with Crippen LogP contribution < -0.4 is 0 Å². The second-order valence-corrected chi connectivity index (χ2v) is 8.52. The number of aliphatic hydroxyl groups is 1. The Morgan fingerprint density at radius 3 is 2.58 bits per heavy atom. The molecule has 1 aromatic heterocycles. The fraction of sp³-hybridized carbons (Fsp3) is 0.850. The Morgan fingerprint density at radius 2 is 1.92 bits per heavy atom. The van der Waals surface area contributed by atoms with Gasteiger partial charge < -0.3 is 10.1 Å². The van der Waals surface area contributed by atoms with E-state index in [9.17, 15) is 5.11 Å². The van der Waals surface area contributed by atoms with Gasteiger partial charge in [-0.25, -0.2) is 4.98 Å². The van der Waals surface area contributed by atoms with Gasteiger partial charge in [-0.15, -0.1) is 0 Å². The van der Waals surface area contributed by atoms with Crippen LogP contribution in [0.1, 0.15) is 70.3 Å². The van der Waals surface area contributed by atoms with Gasteiger partial charge in [0.15, 0.2) is 0 Å². The fourth-order valence-corrected chi connectivity index (χ4v) is 4.49. The highest BCUT2D eigenvalue weighted by Gasteiger charge is 2.26. The van der Waals surface area contributed by atoms with E-state index in [-0.39, 0.29) is 6.10 Å². The first-order valence-corrected chi connectivity index (χ1v) is 10.0. The molecule has 2 fully saturated rings. The number of hydrogen-bond acceptors (Lipinski definition) is 3. The topological polar surface area (TPSA) is 52.1 Å². The molecule has 2 heterocycles. The van der Waals surface area contributed by atoms with E-state index in [1.807, 2.05) is 6.20 Å². The van der Waals surface area contributed by atoms with Gasteiger partial charge in [0.25, 0.3) is 0 Å². The largest absolute Gasteiger partial charge is 0.393 e. The van der Waals surface area contributed by atoms with Crippen molar-refractivity contribution < 1.29 is 5.11 Å². The van der Waals surface area contributed by atoms with Crippen molar-refractivity contribution in [2.24, 2.45) is 17.8 Å². The fourth-order valence-electron chi connectivity index (χ4n) is 4.49. The molecule has 136 valence electrons. The second kappa shape index (κ2) is 8.48. The lowest BCUT2D eigenvalue weighted by atomic mass is 9.87. The number of piperidine rings is 1. The van der Waals surface area contributed by atoms with E-state index < -0.39 is 0 Å². The summed E-state index contributed by atoms with van der Waals surface area (Å²) in [7, 11) is 0. The van der Waals surface area contributed by atoms with Gasteiger partial charge in [0.05, 0.1) is 6.10 Å². The molecule has 1 atom stereocenters. The van der Waals surface area contributed by atoms with Crippen molar-refractivity contribution in [3.8, 4) is 0 Å². The zero-order valence-corrected chi connectivity index (χ0v) is 15.5. The van der Waals surface area contributed by atoms with Gasteiger partial charge >= 0.3 is 0 Å². The molecule has 4 nitrogen and oxygen atoms in total. The first-order valence-electron chi connectivity index (χ1n) is 10.0. The zero-order chi connectivity index (χ0) is 16.9. The smallest absolute Gasteiger partial charge is 0.106 e. The molecule has 1 unspecified atom stereocenters. The number of aromatic nitrogens is 2. The van der Waals surface area contributed by atoms with Crippen molar-refractivity contribution in [2.45, 2.75) is 77.9 Å². The number of aromatic amines is 1. The van der Waals surface area contributed by atoms with Crippen LogP contribution in [0.4, 0.5) is 0 Å². The number of hydrogen-bond donors (Lipinski definition) is 2. The summed E-state index contributed by atoms with van der Waals surface area (Å²) in [4.78, 5) is 10.6. The summed E-state index contributed by atoms with van der Waals surface area (Å²) in [5.74, 6) is 3.10. The number of nitrogens with zero attached hydrogens (tertiary/aromatic N) is 2. The maximum absolute atomic E-state index is 10.3. The summed E-state index contributed by atoms with van der Waals surface area (Å²) in [6.45, 7) is 7.55. The van der Waals surface area contributed by atoms with Crippen LogP contribution in [-0.2, 0) is 13.0 Å². The second-order valence-electron chi connectivity index (χ2n) is 8.52. The first-order chi connectivity index (χ1) is 11.6. The highest BCUT2D eigenvalue weighted by atomic mass is 16.3. The van der Waals surface area contributed by atoms with Crippen molar-refractivity contribution in [3.05, 3.63) is 17.7 Å². The maximum atomic E-state index is 10.3. The lowest BCUT2D eigenvalue weighted by molar-refractivity contribution is 0.0434. The molecule has 1 saturated heterocycles. The van der Waals surface area contributed by atoms with Gasteiger partial charge in [0, 0.05) is 24.9 Å². The highest BCUT2D eigenvalue weighted by molar-refractivity contribution is 5.02. The first kappa shape index (κ1) is 17.9. The maximum Gasteiger partial charge on any atom is 0.106 e. The number of aliphatic hydroxyl groups excluding tert-OH is 1. The molecular formula is C20H35N3O. The Hall–Kier alpha value is -0.870. The third-order valence-electron chi connectivity index (χ3n) is 5.92. The average molecular weight is 334 g/mol. The minimum atomic E-state index is -0.114. The standard InChI is InChI=1S/C20H35N3O/c1-15(2)11-19(24)17-7-9-23(10-8-17)14-18-13-21-20(22-18)12-16-5-3-4-6-16/h13,15-17,19,24H,3-12,14H2,1-2H3,(H,21,22). The van der Waals surface area contributed by atoms with Crippen LogP contribution in [0, 0.1) is 17.8 Å². The van der Waals surface area contributed by atoms with Gasteiger partial charge in [-0.3, -0.25) is 4.90 Å². The molecular weight excluding hydrogens is 298 g/mol. The molecule has 1 aromatic rings. The van der Waals surface area contributed by atoms with Crippen LogP contribution in [0.5, 0.6) is 0 Å². The molecule has 1 aliphatic heterocycles. The minimum Gasteiger partial charge on any atom is -0.393 e. The number of imidazole rings is 1. The molecule has 4 heteroatoms. The molecule has 0 bridgehead atoms. The normalized spacial score (nSPS) is 22.5. The van der Waals surface area contributed by atoms with Crippen LogP contribution >= 0.6 is 0 Å². The van der Waals surface area contributed by atoms with Crippen molar-refractivity contribution in [2.75, 3.05) is 13.1 Å². The van der Waals surface area contributed by atoms with Gasteiger partial charge in [0.1, 0.15) is 5.82 Å². The average Bonchev–Trinajstić information content (AvgIpc) is 3.20. The molecule has 0 spiro atoms. The van der Waals surface area contributed by atoms with Crippen LogP contribution in [0.25, 0.3) is 0 Å². The summed E-state index contributed by atoms with van der Waals surface area (Å²) in [6, 6.07) is 0. The van der Waals surface area contributed by atoms with E-state index in [0.717, 1.165) is 51.2 Å². The van der Waals surface area contributed by atoms with Crippen molar-refractivity contribution in [1.82, 2.24) is 14.9 Å². The zero-order valence-electron chi connectivity index (χ0n) is 15.5. The van der Waals surface area contributed by atoms with Crippen LogP contribution in [-0.4, -0.2) is 39.2 Å².